The van der Waals surface area contributed by atoms with Gasteiger partial charge in [0.05, 0.1) is 0 Å². The second-order valence-corrected chi connectivity index (χ2v) is 31.5. The van der Waals surface area contributed by atoms with Crippen LogP contribution in [-0.2, 0) is 15.8 Å². The van der Waals surface area contributed by atoms with E-state index in [-0.39, 0.29) is 0 Å². The van der Waals surface area contributed by atoms with Crippen molar-refractivity contribution in [1.29, 1.82) is 0 Å². The summed E-state index contributed by atoms with van der Waals surface area (Å²) < 4.78 is 8.23. The van der Waals surface area contributed by atoms with E-state index in [1.807, 2.05) is 0 Å². The van der Waals surface area contributed by atoms with E-state index in [1.165, 1.54) is 38.5 Å². The van der Waals surface area contributed by atoms with Crippen molar-refractivity contribution >= 4 is 0 Å². The van der Waals surface area contributed by atoms with Gasteiger partial charge in [-0.3, -0.25) is 0 Å². The van der Waals surface area contributed by atoms with Crippen molar-refractivity contribution < 1.29 is 15.8 Å². The molecule has 17 heavy (non-hydrogen) atoms. The predicted octanol–water partition coefficient (Wildman–Crippen LogP) is 7.21. The van der Waals surface area contributed by atoms with Crippen LogP contribution in [0.4, 0.5) is 0 Å². The Morgan fingerprint density at radius 1 is 0.529 bits per heavy atom. The van der Waals surface area contributed by atoms with Crippen LogP contribution >= 0.6 is 0 Å². The molecule has 0 aromatic carbocycles. The van der Waals surface area contributed by atoms with Gasteiger partial charge in [-0.25, -0.2) is 0 Å². The van der Waals surface area contributed by atoms with Gasteiger partial charge < -0.3 is 0 Å². The minimum atomic E-state index is -2.37. The zero-order valence-corrected chi connectivity index (χ0v) is 16.4. The molecule has 0 rings (SSSR count). The second kappa shape index (κ2) is 8.78. The molecule has 0 bridgehead atoms. The number of hydrogen-bond acceptors (Lipinski definition) is 0. The monoisotopic (exact) mass is 410 g/mol. The zero-order valence-electron chi connectivity index (χ0n) is 13.2. The standard InChI is InChI=1S/3C4H9.2C2H5.Ta/c3*1-3-4-2;2*1-2;/h3*1,3-4H2,2H3;2*1H2,2H3;. The fraction of sp³-hybridized carbons (Fsp3) is 1.00. The maximum atomic E-state index is 2.54. The van der Waals surface area contributed by atoms with Crippen molar-refractivity contribution in [1.82, 2.24) is 0 Å². The van der Waals surface area contributed by atoms with Gasteiger partial charge in [0.1, 0.15) is 0 Å². The van der Waals surface area contributed by atoms with Gasteiger partial charge in [-0.05, 0) is 0 Å². The molecule has 0 saturated heterocycles. The summed E-state index contributed by atoms with van der Waals surface area (Å²) in [6.07, 6.45) is 8.77. The van der Waals surface area contributed by atoms with Gasteiger partial charge in [-0.1, -0.05) is 0 Å². The summed E-state index contributed by atoms with van der Waals surface area (Å²) in [6.45, 7) is 12.2. The van der Waals surface area contributed by atoms with Crippen LogP contribution in [0, 0.1) is 0 Å². The third-order valence-electron chi connectivity index (χ3n) is 5.22. The van der Waals surface area contributed by atoms with E-state index in [0.717, 1.165) is 0 Å². The molecule has 0 saturated carbocycles. The SMILES string of the molecule is CCC[CH2][Ta]([CH2]C)([CH2]C)([CH2]CCC)[CH2]CCC. The van der Waals surface area contributed by atoms with Crippen molar-refractivity contribution in [2.75, 3.05) is 0 Å². The van der Waals surface area contributed by atoms with E-state index in [2.05, 4.69) is 34.6 Å². The molecule has 0 heterocycles. The molecule has 0 aliphatic carbocycles. The fourth-order valence-electron chi connectivity index (χ4n) is 3.32. The summed E-state index contributed by atoms with van der Waals surface area (Å²) in [5, 5.41) is 0. The Morgan fingerprint density at radius 3 is 1.00 bits per heavy atom. The van der Waals surface area contributed by atoms with Gasteiger partial charge in [0.15, 0.2) is 0 Å². The first-order chi connectivity index (χ1) is 8.12. The molecule has 106 valence electrons. The summed E-state index contributed by atoms with van der Waals surface area (Å²) >= 11 is -2.37. The van der Waals surface area contributed by atoms with Crippen LogP contribution in [0.25, 0.3) is 0 Å². The zero-order chi connectivity index (χ0) is 13.2. The van der Waals surface area contributed by atoms with Gasteiger partial charge in [-0.15, -0.1) is 0 Å². The van der Waals surface area contributed by atoms with Crippen LogP contribution < -0.4 is 0 Å². The molecule has 0 unspecified atom stereocenters. The van der Waals surface area contributed by atoms with Crippen LogP contribution in [0.2, 0.25) is 23.2 Å². The first kappa shape index (κ1) is 17.7. The van der Waals surface area contributed by atoms with Crippen LogP contribution in [0.15, 0.2) is 0 Å². The quantitative estimate of drug-likeness (QED) is 0.338. The van der Waals surface area contributed by atoms with Crippen LogP contribution in [0.1, 0.15) is 73.1 Å². The average molecular weight is 410 g/mol. The van der Waals surface area contributed by atoms with E-state index in [0.29, 0.717) is 0 Å². The summed E-state index contributed by atoms with van der Waals surface area (Å²) in [5.41, 5.74) is 0. The molecule has 0 nitrogen and oxygen atoms in total. The van der Waals surface area contributed by atoms with E-state index in [9.17, 15) is 0 Å². The third-order valence-corrected chi connectivity index (χ3v) is 35.1. The van der Waals surface area contributed by atoms with Crippen molar-refractivity contribution in [3.63, 3.8) is 0 Å². The van der Waals surface area contributed by atoms with Gasteiger partial charge in [0.2, 0.25) is 0 Å². The van der Waals surface area contributed by atoms with Gasteiger partial charge in [-0.2, -0.15) is 0 Å². The Bertz CT molecular complexity index is 153. The van der Waals surface area contributed by atoms with Crippen molar-refractivity contribution in [2.24, 2.45) is 0 Å². The third kappa shape index (κ3) is 5.09. The van der Waals surface area contributed by atoms with Gasteiger partial charge >= 0.3 is 112 Å². The average Bonchev–Trinajstić information content (AvgIpc) is 2.40. The van der Waals surface area contributed by atoms with Crippen LogP contribution in [0.5, 0.6) is 0 Å². The molecule has 0 aliphatic rings. The molecule has 0 radical (unpaired) electrons. The van der Waals surface area contributed by atoms with E-state index in [4.69, 9.17) is 0 Å². The predicted molar refractivity (Wildman–Crippen MR) is 80.1 cm³/mol. The first-order valence-corrected chi connectivity index (χ1v) is 19.5. The van der Waals surface area contributed by atoms with Crippen molar-refractivity contribution in [3.05, 3.63) is 0 Å². The molecule has 0 amide bonds. The molecule has 0 atom stereocenters. The van der Waals surface area contributed by atoms with Gasteiger partial charge in [0, 0.05) is 0 Å². The van der Waals surface area contributed by atoms with E-state index < -0.39 is 15.8 Å². The maximum absolute atomic E-state index is 2.54. The van der Waals surface area contributed by atoms with Crippen molar-refractivity contribution in [3.8, 4) is 0 Å². The van der Waals surface area contributed by atoms with E-state index in [1.54, 1.807) is 23.2 Å². The molecule has 0 aliphatic heterocycles. The Morgan fingerprint density at radius 2 is 0.824 bits per heavy atom. The number of unbranched alkanes of at least 4 members (excludes halogenated alkanes) is 3. The Labute approximate surface area is 112 Å². The summed E-state index contributed by atoms with van der Waals surface area (Å²) in [7, 11) is 0. The fourth-order valence-corrected chi connectivity index (χ4v) is 27.2. The number of rotatable bonds is 11. The summed E-state index contributed by atoms with van der Waals surface area (Å²) in [5.74, 6) is 0. The molecular weight excluding hydrogens is 373 g/mol. The molecule has 0 fully saturated rings. The Kier molecular flexibility index (Phi) is 9.16. The van der Waals surface area contributed by atoms with Crippen molar-refractivity contribution in [2.45, 2.75) is 96.3 Å². The van der Waals surface area contributed by atoms with Crippen LogP contribution in [-0.4, -0.2) is 0 Å². The Hall–Kier alpha value is 0.740. The summed E-state index contributed by atoms with van der Waals surface area (Å²) in [4.78, 5) is 0. The molecule has 1 heteroatoms. The Balaban J connectivity index is 4.88. The second-order valence-electron chi connectivity index (χ2n) is 6.10. The van der Waals surface area contributed by atoms with Crippen LogP contribution in [0.3, 0.4) is 0 Å². The first-order valence-electron chi connectivity index (χ1n) is 8.12. The molecule has 0 aromatic rings. The molecule has 0 N–H and O–H groups in total. The summed E-state index contributed by atoms with van der Waals surface area (Å²) in [6, 6.07) is 0. The molecule has 0 aromatic heterocycles. The number of hydrogen-bond donors (Lipinski definition) is 0. The molecular formula is C16H37Ta. The molecule has 0 spiro atoms. The normalized spacial score (nSPS) is 14.5. The minimum absolute atomic E-state index is 1.41. The topological polar surface area (TPSA) is 0 Å². The van der Waals surface area contributed by atoms with E-state index >= 15 is 0 Å². The van der Waals surface area contributed by atoms with Gasteiger partial charge in [0.25, 0.3) is 0 Å².